The number of carbonyl (C=O) groups is 1. The molecule has 8 heteroatoms. The number of hydrogen-bond donors (Lipinski definition) is 1. The lowest BCUT2D eigenvalue weighted by Crippen LogP contribution is -2.47. The third kappa shape index (κ3) is 6.01. The fourth-order valence-electron chi connectivity index (χ4n) is 3.86. The molecule has 2 aromatic rings. The SMILES string of the molecule is CCOc1ccc(C(C)NC(=O)C(c2ccccc2)N2CCS(=O)(=O)CC2)cc1OCC. The lowest BCUT2D eigenvalue weighted by atomic mass is 10.0. The number of hydrogen-bond acceptors (Lipinski definition) is 6. The molecule has 2 unspecified atom stereocenters. The molecule has 1 saturated heterocycles. The minimum atomic E-state index is -3.04. The van der Waals surface area contributed by atoms with E-state index in [1.54, 1.807) is 0 Å². The summed E-state index contributed by atoms with van der Waals surface area (Å²) in [6.45, 7) is 7.47. The summed E-state index contributed by atoms with van der Waals surface area (Å²) in [5.41, 5.74) is 1.75. The van der Waals surface area contributed by atoms with Gasteiger partial charge in [0.15, 0.2) is 21.3 Å². The molecule has 2 aromatic carbocycles. The van der Waals surface area contributed by atoms with E-state index in [1.165, 1.54) is 0 Å². The van der Waals surface area contributed by atoms with Gasteiger partial charge in [-0.25, -0.2) is 8.42 Å². The molecule has 0 spiro atoms. The molecule has 1 aliphatic rings. The van der Waals surface area contributed by atoms with Gasteiger partial charge in [-0.05, 0) is 44.0 Å². The number of nitrogens with one attached hydrogen (secondary N) is 1. The molecule has 1 fully saturated rings. The second-order valence-corrected chi connectivity index (χ2v) is 10.1. The van der Waals surface area contributed by atoms with Crippen LogP contribution in [0.25, 0.3) is 0 Å². The highest BCUT2D eigenvalue weighted by Gasteiger charge is 2.33. The van der Waals surface area contributed by atoms with Gasteiger partial charge in [-0.15, -0.1) is 0 Å². The number of nitrogens with zero attached hydrogens (tertiary/aromatic N) is 1. The second-order valence-electron chi connectivity index (χ2n) is 7.80. The van der Waals surface area contributed by atoms with Crippen LogP contribution in [0, 0.1) is 0 Å². The maximum absolute atomic E-state index is 13.4. The number of sulfone groups is 1. The predicted molar refractivity (Wildman–Crippen MR) is 125 cm³/mol. The summed E-state index contributed by atoms with van der Waals surface area (Å²) in [5, 5.41) is 3.11. The van der Waals surface area contributed by atoms with Crippen molar-refractivity contribution in [2.75, 3.05) is 37.8 Å². The molecule has 0 radical (unpaired) electrons. The Morgan fingerprint density at radius 2 is 1.59 bits per heavy atom. The third-order valence-corrected chi connectivity index (χ3v) is 7.14. The summed E-state index contributed by atoms with van der Waals surface area (Å²) in [5.74, 6) is 1.29. The highest BCUT2D eigenvalue weighted by molar-refractivity contribution is 7.91. The van der Waals surface area contributed by atoms with Gasteiger partial charge in [0.2, 0.25) is 5.91 Å². The van der Waals surface area contributed by atoms with Gasteiger partial charge in [0, 0.05) is 13.1 Å². The Morgan fingerprint density at radius 3 is 2.22 bits per heavy atom. The molecule has 0 saturated carbocycles. The van der Waals surface area contributed by atoms with Crippen molar-refractivity contribution in [3.8, 4) is 11.5 Å². The molecule has 1 heterocycles. The molecule has 1 aliphatic heterocycles. The van der Waals surface area contributed by atoms with E-state index in [0.29, 0.717) is 37.8 Å². The van der Waals surface area contributed by atoms with E-state index in [-0.39, 0.29) is 23.5 Å². The molecule has 2 atom stereocenters. The van der Waals surface area contributed by atoms with Crippen LogP contribution in [0.1, 0.15) is 44.0 Å². The van der Waals surface area contributed by atoms with Gasteiger partial charge in [0.25, 0.3) is 0 Å². The average molecular weight is 461 g/mol. The van der Waals surface area contributed by atoms with Crippen LogP contribution >= 0.6 is 0 Å². The summed E-state index contributed by atoms with van der Waals surface area (Å²) < 4.78 is 35.1. The molecule has 7 nitrogen and oxygen atoms in total. The van der Waals surface area contributed by atoms with E-state index in [0.717, 1.165) is 11.1 Å². The molecule has 174 valence electrons. The first-order valence-electron chi connectivity index (χ1n) is 11.0. The van der Waals surface area contributed by atoms with Gasteiger partial charge in [0.05, 0.1) is 30.8 Å². The zero-order chi connectivity index (χ0) is 23.1. The Kier molecular flexibility index (Phi) is 8.15. The number of amides is 1. The summed E-state index contributed by atoms with van der Waals surface area (Å²) in [6, 6.07) is 14.3. The lowest BCUT2D eigenvalue weighted by Gasteiger charge is -2.34. The molecule has 1 amide bonds. The maximum Gasteiger partial charge on any atom is 0.242 e. The van der Waals surface area contributed by atoms with Crippen LogP contribution in [0.4, 0.5) is 0 Å². The van der Waals surface area contributed by atoms with E-state index in [1.807, 2.05) is 74.2 Å². The summed E-state index contributed by atoms with van der Waals surface area (Å²) in [6.07, 6.45) is 0. The van der Waals surface area contributed by atoms with Crippen LogP contribution in [0.15, 0.2) is 48.5 Å². The Labute approximate surface area is 190 Å². The van der Waals surface area contributed by atoms with E-state index in [4.69, 9.17) is 9.47 Å². The van der Waals surface area contributed by atoms with Crippen molar-refractivity contribution >= 4 is 15.7 Å². The molecular formula is C24H32N2O5S. The average Bonchev–Trinajstić information content (AvgIpc) is 2.77. The van der Waals surface area contributed by atoms with Crippen LogP contribution < -0.4 is 14.8 Å². The van der Waals surface area contributed by atoms with Gasteiger partial charge < -0.3 is 14.8 Å². The largest absolute Gasteiger partial charge is 0.490 e. The lowest BCUT2D eigenvalue weighted by molar-refractivity contribution is -0.127. The van der Waals surface area contributed by atoms with Crippen LogP contribution in [-0.2, 0) is 14.6 Å². The Bertz CT molecular complexity index is 996. The summed E-state index contributed by atoms with van der Waals surface area (Å²) >= 11 is 0. The zero-order valence-electron chi connectivity index (χ0n) is 18.9. The van der Waals surface area contributed by atoms with Crippen LogP contribution in [-0.4, -0.2) is 57.0 Å². The summed E-state index contributed by atoms with van der Waals surface area (Å²) in [4.78, 5) is 15.4. The quantitative estimate of drug-likeness (QED) is 0.619. The molecular weight excluding hydrogens is 428 g/mol. The Balaban J connectivity index is 1.80. The molecule has 0 aliphatic carbocycles. The highest BCUT2D eigenvalue weighted by atomic mass is 32.2. The van der Waals surface area contributed by atoms with Crippen LogP contribution in [0.5, 0.6) is 11.5 Å². The van der Waals surface area contributed by atoms with Crippen molar-refractivity contribution < 1.29 is 22.7 Å². The van der Waals surface area contributed by atoms with Gasteiger partial charge in [-0.1, -0.05) is 36.4 Å². The minimum absolute atomic E-state index is 0.0653. The molecule has 32 heavy (non-hydrogen) atoms. The fraction of sp³-hybridized carbons (Fsp3) is 0.458. The van der Waals surface area contributed by atoms with Crippen molar-refractivity contribution in [1.82, 2.24) is 10.2 Å². The number of carbonyl (C=O) groups excluding carboxylic acids is 1. The van der Waals surface area contributed by atoms with Crippen LogP contribution in [0.3, 0.4) is 0 Å². The van der Waals surface area contributed by atoms with Crippen molar-refractivity contribution in [2.24, 2.45) is 0 Å². The standard InChI is InChI=1S/C24H32N2O5S/c1-4-30-21-12-11-20(17-22(21)31-5-2)18(3)25-24(27)23(19-9-7-6-8-10-19)26-13-15-32(28,29)16-14-26/h6-12,17-18,23H,4-5,13-16H2,1-3H3,(H,25,27). The van der Waals surface area contributed by atoms with Gasteiger partial charge >= 0.3 is 0 Å². The molecule has 0 bridgehead atoms. The molecule has 1 N–H and O–H groups in total. The van der Waals surface area contributed by atoms with Crippen molar-refractivity contribution in [3.05, 3.63) is 59.7 Å². The number of rotatable bonds is 9. The van der Waals surface area contributed by atoms with Crippen molar-refractivity contribution in [2.45, 2.75) is 32.9 Å². The van der Waals surface area contributed by atoms with Gasteiger partial charge in [0.1, 0.15) is 6.04 Å². The highest BCUT2D eigenvalue weighted by Crippen LogP contribution is 2.31. The smallest absolute Gasteiger partial charge is 0.242 e. The molecule has 3 rings (SSSR count). The van der Waals surface area contributed by atoms with Gasteiger partial charge in [-0.2, -0.15) is 0 Å². The Hall–Kier alpha value is -2.58. The van der Waals surface area contributed by atoms with Gasteiger partial charge in [-0.3, -0.25) is 9.69 Å². The van der Waals surface area contributed by atoms with E-state index < -0.39 is 15.9 Å². The monoisotopic (exact) mass is 460 g/mol. The number of benzene rings is 2. The molecule has 0 aromatic heterocycles. The first-order chi connectivity index (χ1) is 15.3. The normalized spacial score (nSPS) is 17.8. The first kappa shape index (κ1) is 24.1. The van der Waals surface area contributed by atoms with Crippen LogP contribution in [0.2, 0.25) is 0 Å². The zero-order valence-corrected chi connectivity index (χ0v) is 19.7. The Morgan fingerprint density at radius 1 is 0.969 bits per heavy atom. The first-order valence-corrected chi connectivity index (χ1v) is 12.9. The topological polar surface area (TPSA) is 84.9 Å². The third-order valence-electron chi connectivity index (χ3n) is 5.53. The van der Waals surface area contributed by atoms with E-state index >= 15 is 0 Å². The predicted octanol–water partition coefficient (Wildman–Crippen LogP) is 3.13. The number of ether oxygens (including phenoxy) is 2. The van der Waals surface area contributed by atoms with Crippen molar-refractivity contribution in [3.63, 3.8) is 0 Å². The van der Waals surface area contributed by atoms with Crippen molar-refractivity contribution in [1.29, 1.82) is 0 Å². The van der Waals surface area contributed by atoms with E-state index in [2.05, 4.69) is 5.32 Å². The van der Waals surface area contributed by atoms with E-state index in [9.17, 15) is 13.2 Å². The maximum atomic E-state index is 13.4. The summed E-state index contributed by atoms with van der Waals surface area (Å²) in [7, 11) is -3.04. The minimum Gasteiger partial charge on any atom is -0.490 e. The second kappa shape index (κ2) is 10.8. The fourth-order valence-corrected chi connectivity index (χ4v) is 5.09.